The molecular formula is C39H50FN9O2. The number of rotatable bonds is 10. The average Bonchev–Trinajstić information content (AvgIpc) is 3.51. The number of para-hydroxylation sites is 1. The van der Waals surface area contributed by atoms with Gasteiger partial charge in [0, 0.05) is 62.0 Å². The van der Waals surface area contributed by atoms with Gasteiger partial charge in [-0.25, -0.2) is 19.0 Å². The third kappa shape index (κ3) is 8.00. The largest absolute Gasteiger partial charge is 0.457 e. The minimum absolute atomic E-state index is 0.0134. The lowest BCUT2D eigenvalue weighted by Gasteiger charge is -2.48. The lowest BCUT2D eigenvalue weighted by atomic mass is 9.90. The minimum atomic E-state index is -0.717. The van der Waals surface area contributed by atoms with Crippen molar-refractivity contribution >= 4 is 22.8 Å². The van der Waals surface area contributed by atoms with Crippen LogP contribution in [-0.4, -0.2) is 90.7 Å². The maximum Gasteiger partial charge on any atom is 0.239 e. The van der Waals surface area contributed by atoms with Gasteiger partial charge >= 0.3 is 0 Å². The van der Waals surface area contributed by atoms with Gasteiger partial charge in [0.1, 0.15) is 41.1 Å². The van der Waals surface area contributed by atoms with Gasteiger partial charge in [0.25, 0.3) is 0 Å². The molecule has 12 heteroatoms. The molecule has 1 unspecified atom stereocenters. The Labute approximate surface area is 300 Å². The van der Waals surface area contributed by atoms with Crippen LogP contribution in [0.15, 0.2) is 54.9 Å². The molecular weight excluding hydrogens is 645 g/mol. The average molecular weight is 696 g/mol. The fourth-order valence-corrected chi connectivity index (χ4v) is 7.51. The van der Waals surface area contributed by atoms with Crippen molar-refractivity contribution in [3.05, 3.63) is 60.7 Å². The van der Waals surface area contributed by atoms with E-state index in [9.17, 15) is 10.1 Å². The van der Waals surface area contributed by atoms with Crippen LogP contribution in [-0.2, 0) is 4.79 Å². The summed E-state index contributed by atoms with van der Waals surface area (Å²) in [6.07, 6.45) is 5.07. The Morgan fingerprint density at radius 2 is 1.75 bits per heavy atom. The number of nitrogen functional groups attached to an aromatic ring is 1. The molecule has 0 saturated carbocycles. The minimum Gasteiger partial charge on any atom is -0.457 e. The summed E-state index contributed by atoms with van der Waals surface area (Å²) in [5, 5.41) is 15.4. The highest BCUT2D eigenvalue weighted by atomic mass is 19.1. The van der Waals surface area contributed by atoms with Gasteiger partial charge in [0.15, 0.2) is 5.65 Å². The molecule has 2 N–H and O–H groups in total. The second kappa shape index (κ2) is 14.9. The number of aromatic nitrogens is 4. The molecule has 2 atom stereocenters. The first-order valence-corrected chi connectivity index (χ1v) is 18.1. The van der Waals surface area contributed by atoms with E-state index in [4.69, 9.17) is 15.6 Å². The number of nitrogens with zero attached hydrogens (tertiary/aromatic N) is 8. The van der Waals surface area contributed by atoms with E-state index < -0.39 is 11.7 Å². The summed E-state index contributed by atoms with van der Waals surface area (Å²) in [5.74, 6) is -0.244. The summed E-state index contributed by atoms with van der Waals surface area (Å²) in [7, 11) is 0. The Morgan fingerprint density at radius 1 is 1.02 bits per heavy atom. The first-order valence-electron chi connectivity index (χ1n) is 18.1. The van der Waals surface area contributed by atoms with Crippen LogP contribution in [0.3, 0.4) is 0 Å². The van der Waals surface area contributed by atoms with Crippen LogP contribution in [0.25, 0.3) is 22.3 Å². The number of carbonyl (C=O) groups is 1. The molecule has 1 amide bonds. The lowest BCUT2D eigenvalue weighted by molar-refractivity contribution is -0.135. The number of carbonyl (C=O) groups excluding carboxylic acids is 1. The molecule has 2 aliphatic heterocycles. The van der Waals surface area contributed by atoms with E-state index >= 15 is 4.39 Å². The van der Waals surface area contributed by atoms with Crippen LogP contribution >= 0.6 is 0 Å². The Bertz CT molecular complexity index is 1870. The van der Waals surface area contributed by atoms with Crippen molar-refractivity contribution in [2.24, 2.45) is 5.92 Å². The predicted octanol–water partition coefficient (Wildman–Crippen LogP) is 6.68. The van der Waals surface area contributed by atoms with Gasteiger partial charge < -0.3 is 15.4 Å². The molecule has 2 aromatic carbocycles. The fraction of sp³-hybridized carbons (Fsp3) is 0.513. The molecule has 4 heterocycles. The van der Waals surface area contributed by atoms with Crippen LogP contribution in [0.2, 0.25) is 0 Å². The molecule has 2 fully saturated rings. The van der Waals surface area contributed by atoms with Gasteiger partial charge in [-0.05, 0) is 91.0 Å². The summed E-state index contributed by atoms with van der Waals surface area (Å²) in [5.41, 5.74) is 7.54. The number of fused-ring (bicyclic) bond motifs is 1. The first kappa shape index (κ1) is 36.2. The summed E-state index contributed by atoms with van der Waals surface area (Å²) in [4.78, 5) is 29.3. The van der Waals surface area contributed by atoms with Crippen molar-refractivity contribution in [3.8, 4) is 28.8 Å². The van der Waals surface area contributed by atoms with Crippen molar-refractivity contribution in [3.63, 3.8) is 0 Å². The van der Waals surface area contributed by atoms with Crippen LogP contribution in [0.5, 0.6) is 11.5 Å². The standard InChI is InChI=1S/C39H50FN9O2/c1-38(2,3)47-19-21-48(22-20-47)39(4,5)17-9-11-27(24-41)37(50)46-18-10-12-28(25-46)49-36-33(35(42)43-26-44-36)34(45-49)31-16-15-30(23-32(31)40)51-29-13-7-6-8-14-29/h6-8,13-16,23,26-28H,9-12,17-22,25H2,1-5H3,(H2,42,43,44)/t27?,28-/m1/s1. The van der Waals surface area contributed by atoms with E-state index in [-0.39, 0.29) is 34.4 Å². The smallest absolute Gasteiger partial charge is 0.239 e. The Hall–Kier alpha value is -4.60. The number of benzene rings is 2. The zero-order chi connectivity index (χ0) is 36.3. The van der Waals surface area contributed by atoms with Gasteiger partial charge in [-0.15, -0.1) is 0 Å². The molecule has 0 aliphatic carbocycles. The van der Waals surface area contributed by atoms with E-state index in [1.54, 1.807) is 33.8 Å². The van der Waals surface area contributed by atoms with Gasteiger partial charge in [-0.3, -0.25) is 14.6 Å². The fourth-order valence-electron chi connectivity index (χ4n) is 7.51. The molecule has 0 bridgehead atoms. The zero-order valence-corrected chi connectivity index (χ0v) is 30.5. The topological polar surface area (TPSA) is 129 Å². The molecule has 11 nitrogen and oxygen atoms in total. The van der Waals surface area contributed by atoms with E-state index in [0.29, 0.717) is 47.7 Å². The van der Waals surface area contributed by atoms with Gasteiger partial charge in [-0.2, -0.15) is 10.4 Å². The predicted molar refractivity (Wildman–Crippen MR) is 196 cm³/mol. The van der Waals surface area contributed by atoms with Gasteiger partial charge in [0.2, 0.25) is 5.91 Å². The summed E-state index contributed by atoms with van der Waals surface area (Å²) < 4.78 is 23.3. The van der Waals surface area contributed by atoms with Crippen molar-refractivity contribution in [1.82, 2.24) is 34.4 Å². The number of hydrogen-bond donors (Lipinski definition) is 1. The van der Waals surface area contributed by atoms with E-state index in [0.717, 1.165) is 51.9 Å². The summed E-state index contributed by atoms with van der Waals surface area (Å²) in [6.45, 7) is 16.4. The second-order valence-electron chi connectivity index (χ2n) is 15.4. The normalized spacial score (nSPS) is 18.5. The highest BCUT2D eigenvalue weighted by Crippen LogP contribution is 2.37. The number of hydrogen-bond acceptors (Lipinski definition) is 9. The van der Waals surface area contributed by atoms with E-state index in [1.807, 2.05) is 18.2 Å². The third-order valence-electron chi connectivity index (χ3n) is 10.6. The number of ether oxygens (including phenoxy) is 1. The molecule has 6 rings (SSSR count). The Balaban J connectivity index is 1.13. The molecule has 51 heavy (non-hydrogen) atoms. The maximum atomic E-state index is 15.7. The number of halogens is 1. The molecule has 2 saturated heterocycles. The zero-order valence-electron chi connectivity index (χ0n) is 30.5. The van der Waals surface area contributed by atoms with Crippen molar-refractivity contribution < 1.29 is 13.9 Å². The molecule has 0 radical (unpaired) electrons. The van der Waals surface area contributed by atoms with Crippen molar-refractivity contribution in [2.75, 3.05) is 45.0 Å². The van der Waals surface area contributed by atoms with Crippen LogP contribution in [0, 0.1) is 23.1 Å². The summed E-state index contributed by atoms with van der Waals surface area (Å²) >= 11 is 0. The quantitative estimate of drug-likeness (QED) is 0.193. The van der Waals surface area contributed by atoms with Crippen molar-refractivity contribution in [2.45, 2.75) is 83.8 Å². The van der Waals surface area contributed by atoms with Gasteiger partial charge in [-0.1, -0.05) is 18.2 Å². The number of piperazine rings is 1. The van der Waals surface area contributed by atoms with Crippen LogP contribution < -0.4 is 10.5 Å². The molecule has 2 aromatic heterocycles. The lowest BCUT2D eigenvalue weighted by Crippen LogP contribution is -2.58. The van der Waals surface area contributed by atoms with Gasteiger partial charge in [0.05, 0.1) is 17.5 Å². The number of anilines is 1. The molecule has 270 valence electrons. The Morgan fingerprint density at radius 3 is 2.43 bits per heavy atom. The second-order valence-corrected chi connectivity index (χ2v) is 15.4. The Kier molecular flexibility index (Phi) is 10.6. The SMILES string of the molecule is CC(C)(C)N1CCN(C(C)(C)CCCC(C#N)C(=O)N2CCC[C@@H](n3nc(-c4ccc(Oc5ccccc5)cc4F)c4c(N)ncnc43)C2)CC1. The summed E-state index contributed by atoms with van der Waals surface area (Å²) in [6, 6.07) is 15.9. The number of nitrogens with two attached hydrogens (primary N) is 1. The first-order chi connectivity index (χ1) is 24.4. The monoisotopic (exact) mass is 695 g/mol. The molecule has 0 spiro atoms. The maximum absolute atomic E-state index is 15.7. The number of amides is 1. The number of nitriles is 1. The number of piperidine rings is 1. The number of likely N-dealkylation sites (tertiary alicyclic amines) is 1. The molecule has 2 aliphatic rings. The highest BCUT2D eigenvalue weighted by Gasteiger charge is 2.35. The van der Waals surface area contributed by atoms with Crippen LogP contribution in [0.1, 0.15) is 72.8 Å². The third-order valence-corrected chi connectivity index (χ3v) is 10.6. The van der Waals surface area contributed by atoms with Crippen molar-refractivity contribution in [1.29, 1.82) is 5.26 Å². The van der Waals surface area contributed by atoms with E-state index in [1.165, 1.54) is 12.4 Å². The van der Waals surface area contributed by atoms with E-state index in [2.05, 4.69) is 60.5 Å². The highest BCUT2D eigenvalue weighted by molar-refractivity contribution is 5.98. The van der Waals surface area contributed by atoms with Crippen LogP contribution in [0.4, 0.5) is 10.2 Å². The molecule has 4 aromatic rings.